The standard InChI is InChI=1S/C10H12O5/c1-3-6(2)14-10(13)8-5-4-7(15-8)9(11)12/h4-6H,3H2,1-2H3,(H,11,12). The first-order valence-electron chi connectivity index (χ1n) is 4.58. The molecule has 0 spiro atoms. The lowest BCUT2D eigenvalue weighted by molar-refractivity contribution is 0.0295. The van der Waals surface area contributed by atoms with Crippen molar-refractivity contribution in [2.45, 2.75) is 26.4 Å². The maximum atomic E-state index is 11.3. The summed E-state index contributed by atoms with van der Waals surface area (Å²) in [4.78, 5) is 21.8. The van der Waals surface area contributed by atoms with Gasteiger partial charge >= 0.3 is 11.9 Å². The van der Waals surface area contributed by atoms with Crippen molar-refractivity contribution >= 4 is 11.9 Å². The molecule has 1 unspecified atom stereocenters. The van der Waals surface area contributed by atoms with Crippen LogP contribution >= 0.6 is 0 Å². The number of carboxylic acids is 1. The largest absolute Gasteiger partial charge is 0.475 e. The summed E-state index contributed by atoms with van der Waals surface area (Å²) in [6.45, 7) is 3.63. The molecule has 5 heteroatoms. The van der Waals surface area contributed by atoms with Gasteiger partial charge in [0.05, 0.1) is 6.10 Å². The van der Waals surface area contributed by atoms with E-state index < -0.39 is 11.9 Å². The fourth-order valence-corrected chi connectivity index (χ4v) is 0.887. The van der Waals surface area contributed by atoms with E-state index in [1.807, 2.05) is 6.92 Å². The molecule has 0 fully saturated rings. The first kappa shape index (κ1) is 11.3. The summed E-state index contributed by atoms with van der Waals surface area (Å²) < 4.78 is 9.73. The molecule has 1 heterocycles. The van der Waals surface area contributed by atoms with Crippen molar-refractivity contribution in [1.82, 2.24) is 0 Å². The zero-order valence-electron chi connectivity index (χ0n) is 8.52. The molecule has 1 N–H and O–H groups in total. The Morgan fingerprint density at radius 2 is 2.07 bits per heavy atom. The minimum absolute atomic E-state index is 0.0901. The topological polar surface area (TPSA) is 76.7 Å². The summed E-state index contributed by atoms with van der Waals surface area (Å²) in [5.41, 5.74) is 0. The highest BCUT2D eigenvalue weighted by molar-refractivity contribution is 5.90. The van der Waals surface area contributed by atoms with E-state index in [0.717, 1.165) is 0 Å². The molecular formula is C10H12O5. The maximum Gasteiger partial charge on any atom is 0.374 e. The minimum atomic E-state index is -1.21. The van der Waals surface area contributed by atoms with Crippen LogP contribution < -0.4 is 0 Å². The van der Waals surface area contributed by atoms with Crippen molar-refractivity contribution < 1.29 is 23.8 Å². The van der Waals surface area contributed by atoms with Gasteiger partial charge in [-0.25, -0.2) is 9.59 Å². The first-order valence-corrected chi connectivity index (χ1v) is 4.58. The molecule has 0 saturated heterocycles. The van der Waals surface area contributed by atoms with Crippen LogP contribution in [0.3, 0.4) is 0 Å². The zero-order chi connectivity index (χ0) is 11.4. The van der Waals surface area contributed by atoms with Gasteiger partial charge in [0.25, 0.3) is 0 Å². The molecule has 5 nitrogen and oxygen atoms in total. The van der Waals surface area contributed by atoms with E-state index in [0.29, 0.717) is 6.42 Å². The van der Waals surface area contributed by atoms with Crippen molar-refractivity contribution in [3.63, 3.8) is 0 Å². The van der Waals surface area contributed by atoms with Crippen LogP contribution in [0, 0.1) is 0 Å². The number of esters is 1. The number of rotatable bonds is 4. The third kappa shape index (κ3) is 2.83. The monoisotopic (exact) mass is 212 g/mol. The predicted octanol–water partition coefficient (Wildman–Crippen LogP) is 1.93. The van der Waals surface area contributed by atoms with Crippen LogP contribution in [0.2, 0.25) is 0 Å². The highest BCUT2D eigenvalue weighted by Gasteiger charge is 2.17. The molecule has 0 radical (unpaired) electrons. The van der Waals surface area contributed by atoms with Crippen LogP contribution in [0.5, 0.6) is 0 Å². The quantitative estimate of drug-likeness (QED) is 0.771. The average molecular weight is 212 g/mol. The van der Waals surface area contributed by atoms with Gasteiger partial charge in [0.1, 0.15) is 0 Å². The van der Waals surface area contributed by atoms with Crippen molar-refractivity contribution in [3.05, 3.63) is 23.7 Å². The Bertz CT molecular complexity index is 366. The molecule has 82 valence electrons. The van der Waals surface area contributed by atoms with Crippen LogP contribution in [-0.4, -0.2) is 23.1 Å². The molecule has 0 aliphatic rings. The normalized spacial score (nSPS) is 12.1. The van der Waals surface area contributed by atoms with Crippen LogP contribution in [0.15, 0.2) is 16.5 Å². The van der Waals surface area contributed by atoms with Gasteiger partial charge in [-0.3, -0.25) is 0 Å². The zero-order valence-corrected chi connectivity index (χ0v) is 8.52. The summed E-state index contributed by atoms with van der Waals surface area (Å²) in [5, 5.41) is 8.56. The lowest BCUT2D eigenvalue weighted by Gasteiger charge is -2.08. The smallest absolute Gasteiger partial charge is 0.374 e. The van der Waals surface area contributed by atoms with Crippen molar-refractivity contribution in [3.8, 4) is 0 Å². The number of ether oxygens (including phenoxy) is 1. The molecule has 0 aliphatic heterocycles. The SMILES string of the molecule is CCC(C)OC(=O)c1ccc(C(=O)O)o1. The van der Waals surface area contributed by atoms with Crippen LogP contribution in [0.1, 0.15) is 41.4 Å². The Labute approximate surface area is 86.6 Å². The fraction of sp³-hybridized carbons (Fsp3) is 0.400. The minimum Gasteiger partial charge on any atom is -0.475 e. The Kier molecular flexibility index (Phi) is 3.49. The second-order valence-electron chi connectivity index (χ2n) is 3.09. The van der Waals surface area contributed by atoms with Crippen LogP contribution in [0.4, 0.5) is 0 Å². The number of carbonyl (C=O) groups is 2. The third-order valence-corrected chi connectivity index (χ3v) is 1.90. The van der Waals surface area contributed by atoms with Gasteiger partial charge < -0.3 is 14.3 Å². The van der Waals surface area contributed by atoms with Crippen LogP contribution in [0.25, 0.3) is 0 Å². The summed E-state index contributed by atoms with van der Waals surface area (Å²) in [7, 11) is 0. The molecule has 1 aromatic rings. The summed E-state index contributed by atoms with van der Waals surface area (Å²) in [6, 6.07) is 2.50. The van der Waals surface area contributed by atoms with Gasteiger partial charge in [-0.2, -0.15) is 0 Å². The predicted molar refractivity (Wildman–Crippen MR) is 50.8 cm³/mol. The van der Waals surface area contributed by atoms with Crippen molar-refractivity contribution in [2.24, 2.45) is 0 Å². The van der Waals surface area contributed by atoms with Gasteiger partial charge in [0, 0.05) is 0 Å². The lowest BCUT2D eigenvalue weighted by Crippen LogP contribution is -2.13. The van der Waals surface area contributed by atoms with E-state index in [2.05, 4.69) is 0 Å². The third-order valence-electron chi connectivity index (χ3n) is 1.90. The van der Waals surface area contributed by atoms with E-state index in [-0.39, 0.29) is 17.6 Å². The highest BCUT2D eigenvalue weighted by Crippen LogP contribution is 2.10. The second-order valence-corrected chi connectivity index (χ2v) is 3.09. The Hall–Kier alpha value is -1.78. The van der Waals surface area contributed by atoms with Crippen LogP contribution in [-0.2, 0) is 4.74 Å². The molecule has 1 rings (SSSR count). The van der Waals surface area contributed by atoms with E-state index in [1.54, 1.807) is 6.92 Å². The van der Waals surface area contributed by atoms with Gasteiger partial charge in [-0.05, 0) is 25.5 Å². The molecule has 0 aliphatic carbocycles. The van der Waals surface area contributed by atoms with Crippen molar-refractivity contribution in [1.29, 1.82) is 0 Å². The van der Waals surface area contributed by atoms with Gasteiger partial charge in [0.2, 0.25) is 11.5 Å². The Morgan fingerprint density at radius 1 is 1.47 bits per heavy atom. The first-order chi connectivity index (χ1) is 7.04. The number of furan rings is 1. The molecule has 0 amide bonds. The number of carbonyl (C=O) groups excluding carboxylic acids is 1. The maximum absolute atomic E-state index is 11.3. The summed E-state index contributed by atoms with van der Waals surface area (Å²) in [6.07, 6.45) is 0.481. The molecule has 0 aromatic carbocycles. The van der Waals surface area contributed by atoms with E-state index in [9.17, 15) is 9.59 Å². The lowest BCUT2D eigenvalue weighted by atomic mass is 10.3. The summed E-state index contributed by atoms with van der Waals surface area (Å²) >= 11 is 0. The number of hydrogen-bond donors (Lipinski definition) is 1. The Morgan fingerprint density at radius 3 is 2.53 bits per heavy atom. The van der Waals surface area contributed by atoms with Gasteiger partial charge in [-0.15, -0.1) is 0 Å². The molecule has 1 aromatic heterocycles. The van der Waals surface area contributed by atoms with Crippen molar-refractivity contribution in [2.75, 3.05) is 0 Å². The highest BCUT2D eigenvalue weighted by atomic mass is 16.6. The fourth-order valence-electron chi connectivity index (χ4n) is 0.887. The Balaban J connectivity index is 2.70. The number of aromatic carboxylic acids is 1. The summed E-state index contributed by atoms with van der Waals surface area (Å²) in [5.74, 6) is -2.21. The molecular weight excluding hydrogens is 200 g/mol. The van der Waals surface area contributed by atoms with Gasteiger partial charge in [0.15, 0.2) is 0 Å². The molecule has 0 saturated carbocycles. The molecule has 15 heavy (non-hydrogen) atoms. The molecule has 1 atom stereocenters. The number of carboxylic acid groups (broad SMARTS) is 1. The van der Waals surface area contributed by atoms with E-state index in [1.165, 1.54) is 12.1 Å². The average Bonchev–Trinajstić information content (AvgIpc) is 2.66. The second kappa shape index (κ2) is 4.63. The number of hydrogen-bond acceptors (Lipinski definition) is 4. The molecule has 0 bridgehead atoms. The van der Waals surface area contributed by atoms with E-state index >= 15 is 0 Å². The van der Waals surface area contributed by atoms with E-state index in [4.69, 9.17) is 14.3 Å². The van der Waals surface area contributed by atoms with Gasteiger partial charge in [-0.1, -0.05) is 6.92 Å².